The van der Waals surface area contributed by atoms with Crippen LogP contribution in [0.15, 0.2) is 12.1 Å². The summed E-state index contributed by atoms with van der Waals surface area (Å²) in [5, 5.41) is 9.18. The second-order valence-corrected chi connectivity index (χ2v) is 3.47. The summed E-state index contributed by atoms with van der Waals surface area (Å²) < 4.78 is 13.1. The van der Waals surface area contributed by atoms with Gasteiger partial charge in [0.1, 0.15) is 12.1 Å². The number of aldehydes is 1. The molecule has 0 aliphatic rings. The van der Waals surface area contributed by atoms with Gasteiger partial charge >= 0.3 is 0 Å². The minimum absolute atomic E-state index is 0.314. The van der Waals surface area contributed by atoms with E-state index in [2.05, 4.69) is 0 Å². The summed E-state index contributed by atoms with van der Waals surface area (Å²) in [6, 6.07) is 2.81. The van der Waals surface area contributed by atoms with Crippen molar-refractivity contribution < 1.29 is 14.3 Å². The topological polar surface area (TPSA) is 37.3 Å². The predicted octanol–water partition coefficient (Wildman–Crippen LogP) is 1.87. The highest BCUT2D eigenvalue weighted by Gasteiger charge is 2.08. The van der Waals surface area contributed by atoms with E-state index in [0.717, 1.165) is 0 Å². The molecule has 1 rings (SSSR count). The van der Waals surface area contributed by atoms with Crippen molar-refractivity contribution in [1.29, 1.82) is 0 Å². The summed E-state index contributed by atoms with van der Waals surface area (Å²) in [5.74, 6) is -0.388. The third-order valence-corrected chi connectivity index (χ3v) is 2.06. The summed E-state index contributed by atoms with van der Waals surface area (Å²) in [5.41, 5.74) is 1.49. The van der Waals surface area contributed by atoms with Crippen LogP contribution in [0.3, 0.4) is 0 Å². The Morgan fingerprint density at radius 2 is 2.21 bits per heavy atom. The van der Waals surface area contributed by atoms with Crippen molar-refractivity contribution >= 4 is 6.29 Å². The first-order valence-corrected chi connectivity index (χ1v) is 4.47. The Morgan fingerprint density at radius 1 is 1.57 bits per heavy atom. The number of hydrogen-bond donors (Lipinski definition) is 1. The second kappa shape index (κ2) is 4.33. The first-order chi connectivity index (χ1) is 6.54. The molecular formula is C11H13FO2. The largest absolute Gasteiger partial charge is 0.393 e. The molecule has 2 nitrogen and oxygen atoms in total. The summed E-state index contributed by atoms with van der Waals surface area (Å²) in [6.07, 6.45) is 0.452. The Balaban J connectivity index is 3.13. The van der Waals surface area contributed by atoms with Gasteiger partial charge in [-0.05, 0) is 37.5 Å². The Kier molecular flexibility index (Phi) is 3.36. The fraction of sp³-hybridized carbons (Fsp3) is 0.364. The van der Waals surface area contributed by atoms with Gasteiger partial charge in [-0.15, -0.1) is 0 Å². The molecule has 3 heteroatoms. The number of carbonyl (C=O) groups excluding carboxylic acids is 1. The molecule has 1 aromatic carbocycles. The quantitative estimate of drug-likeness (QED) is 0.749. The van der Waals surface area contributed by atoms with Crippen LogP contribution in [0.5, 0.6) is 0 Å². The molecule has 0 aliphatic carbocycles. The minimum Gasteiger partial charge on any atom is -0.393 e. The van der Waals surface area contributed by atoms with Gasteiger partial charge in [0.25, 0.3) is 0 Å². The standard InChI is InChI=1S/C11H13FO2/c1-7-3-9(4-8(2)14)10(6-13)5-11(7)12/h3,5-6,8,14H,4H2,1-2H3. The van der Waals surface area contributed by atoms with Crippen LogP contribution in [0, 0.1) is 12.7 Å². The number of aliphatic hydroxyl groups is 1. The molecule has 0 spiro atoms. The van der Waals surface area contributed by atoms with Gasteiger partial charge in [0.15, 0.2) is 0 Å². The molecular weight excluding hydrogens is 183 g/mol. The van der Waals surface area contributed by atoms with Gasteiger partial charge < -0.3 is 5.11 Å². The molecule has 0 saturated carbocycles. The average molecular weight is 196 g/mol. The Morgan fingerprint density at radius 3 is 2.71 bits per heavy atom. The van der Waals surface area contributed by atoms with E-state index in [1.165, 1.54) is 6.07 Å². The molecule has 0 heterocycles. The number of hydrogen-bond acceptors (Lipinski definition) is 2. The van der Waals surface area contributed by atoms with Gasteiger partial charge in [0.2, 0.25) is 0 Å². The van der Waals surface area contributed by atoms with E-state index in [0.29, 0.717) is 29.4 Å². The first-order valence-electron chi connectivity index (χ1n) is 4.47. The van der Waals surface area contributed by atoms with E-state index in [1.54, 1.807) is 19.9 Å². The lowest BCUT2D eigenvalue weighted by molar-refractivity contribution is 0.112. The maximum absolute atomic E-state index is 13.1. The van der Waals surface area contributed by atoms with Crippen LogP contribution in [0.25, 0.3) is 0 Å². The minimum atomic E-state index is -0.529. The van der Waals surface area contributed by atoms with Crippen LogP contribution in [-0.4, -0.2) is 17.5 Å². The highest BCUT2D eigenvalue weighted by Crippen LogP contribution is 2.15. The van der Waals surface area contributed by atoms with Crippen molar-refractivity contribution in [3.8, 4) is 0 Å². The van der Waals surface area contributed by atoms with E-state index >= 15 is 0 Å². The lowest BCUT2D eigenvalue weighted by Gasteiger charge is -2.08. The summed E-state index contributed by atoms with van der Waals surface area (Å²) >= 11 is 0. The fourth-order valence-corrected chi connectivity index (χ4v) is 1.36. The van der Waals surface area contributed by atoms with Crippen LogP contribution in [0.1, 0.15) is 28.4 Å². The second-order valence-electron chi connectivity index (χ2n) is 3.47. The zero-order chi connectivity index (χ0) is 10.7. The lowest BCUT2D eigenvalue weighted by atomic mass is 10.00. The number of aliphatic hydroxyl groups excluding tert-OH is 1. The van der Waals surface area contributed by atoms with Crippen molar-refractivity contribution in [2.75, 3.05) is 0 Å². The SMILES string of the molecule is Cc1cc(CC(C)O)c(C=O)cc1F. The number of halogens is 1. The molecule has 1 aromatic rings. The summed E-state index contributed by atoms with van der Waals surface area (Å²) in [4.78, 5) is 10.6. The zero-order valence-corrected chi connectivity index (χ0v) is 8.25. The first kappa shape index (κ1) is 10.9. The van der Waals surface area contributed by atoms with Crippen molar-refractivity contribution in [2.45, 2.75) is 26.4 Å². The van der Waals surface area contributed by atoms with Gasteiger partial charge in [-0.1, -0.05) is 6.07 Å². The van der Waals surface area contributed by atoms with E-state index < -0.39 is 6.10 Å². The third-order valence-electron chi connectivity index (χ3n) is 2.06. The molecule has 14 heavy (non-hydrogen) atoms. The van der Waals surface area contributed by atoms with Gasteiger partial charge in [-0.2, -0.15) is 0 Å². The normalized spacial score (nSPS) is 12.6. The molecule has 1 N–H and O–H groups in total. The number of carbonyl (C=O) groups is 1. The molecule has 0 bridgehead atoms. The molecule has 0 aliphatic heterocycles. The van der Waals surface area contributed by atoms with Crippen LogP contribution in [0.2, 0.25) is 0 Å². The van der Waals surface area contributed by atoms with Crippen LogP contribution < -0.4 is 0 Å². The van der Waals surface area contributed by atoms with Crippen LogP contribution in [-0.2, 0) is 6.42 Å². The molecule has 0 aromatic heterocycles. The molecule has 1 atom stereocenters. The third kappa shape index (κ3) is 2.39. The molecule has 1 unspecified atom stereocenters. The Hall–Kier alpha value is -1.22. The smallest absolute Gasteiger partial charge is 0.150 e. The van der Waals surface area contributed by atoms with Crippen LogP contribution >= 0.6 is 0 Å². The molecule has 0 radical (unpaired) electrons. The molecule has 0 saturated heterocycles. The van der Waals surface area contributed by atoms with Gasteiger partial charge in [-0.25, -0.2) is 4.39 Å². The van der Waals surface area contributed by atoms with E-state index in [-0.39, 0.29) is 5.82 Å². The lowest BCUT2D eigenvalue weighted by Crippen LogP contribution is -2.07. The van der Waals surface area contributed by atoms with Crippen LogP contribution in [0.4, 0.5) is 4.39 Å². The Bertz CT molecular complexity index is 345. The maximum atomic E-state index is 13.1. The van der Waals surface area contributed by atoms with Gasteiger partial charge in [0.05, 0.1) is 6.10 Å². The van der Waals surface area contributed by atoms with Gasteiger partial charge in [0, 0.05) is 5.56 Å². The van der Waals surface area contributed by atoms with Crippen molar-refractivity contribution in [3.63, 3.8) is 0 Å². The Labute approximate surface area is 82.4 Å². The van der Waals surface area contributed by atoms with Crippen molar-refractivity contribution in [2.24, 2.45) is 0 Å². The van der Waals surface area contributed by atoms with Crippen molar-refractivity contribution in [3.05, 3.63) is 34.6 Å². The summed E-state index contributed by atoms with van der Waals surface area (Å²) in [6.45, 7) is 3.27. The predicted molar refractivity (Wildman–Crippen MR) is 51.9 cm³/mol. The zero-order valence-electron chi connectivity index (χ0n) is 8.25. The highest BCUT2D eigenvalue weighted by atomic mass is 19.1. The summed E-state index contributed by atoms with van der Waals surface area (Å²) in [7, 11) is 0. The monoisotopic (exact) mass is 196 g/mol. The van der Waals surface area contributed by atoms with E-state index in [1.807, 2.05) is 0 Å². The number of benzene rings is 1. The average Bonchev–Trinajstić information content (AvgIpc) is 2.10. The highest BCUT2D eigenvalue weighted by molar-refractivity contribution is 5.77. The fourth-order valence-electron chi connectivity index (χ4n) is 1.36. The van der Waals surface area contributed by atoms with E-state index in [4.69, 9.17) is 0 Å². The van der Waals surface area contributed by atoms with Gasteiger partial charge in [-0.3, -0.25) is 4.79 Å². The molecule has 76 valence electrons. The number of aryl methyl sites for hydroxylation is 1. The van der Waals surface area contributed by atoms with Crippen molar-refractivity contribution in [1.82, 2.24) is 0 Å². The molecule has 0 fully saturated rings. The maximum Gasteiger partial charge on any atom is 0.150 e. The van der Waals surface area contributed by atoms with E-state index in [9.17, 15) is 14.3 Å². The molecule has 0 amide bonds. The number of rotatable bonds is 3.